The first-order chi connectivity index (χ1) is 6.77. The molecule has 2 rings (SSSR count). The second-order valence-electron chi connectivity index (χ2n) is 2.81. The van der Waals surface area contributed by atoms with Gasteiger partial charge in [0.05, 0.1) is 16.6 Å². The van der Waals surface area contributed by atoms with Crippen LogP contribution in [0.4, 0.5) is 0 Å². The molecule has 72 valence electrons. The molecule has 0 fully saturated rings. The highest BCUT2D eigenvalue weighted by Gasteiger charge is 2.04. The molecule has 1 aromatic heterocycles. The highest BCUT2D eigenvalue weighted by molar-refractivity contribution is 6.42. The molecule has 0 bridgehead atoms. The third-order valence-corrected chi connectivity index (χ3v) is 2.69. The van der Waals surface area contributed by atoms with Crippen LogP contribution in [-0.2, 0) is 6.54 Å². The van der Waals surface area contributed by atoms with E-state index in [0.29, 0.717) is 16.6 Å². The first-order valence-electron chi connectivity index (χ1n) is 4.02. The molecule has 0 unspecified atom stereocenters. The van der Waals surface area contributed by atoms with Gasteiger partial charge in [-0.1, -0.05) is 35.3 Å². The summed E-state index contributed by atoms with van der Waals surface area (Å²) in [6.45, 7) is 0.583. The van der Waals surface area contributed by atoms with E-state index in [1.807, 2.05) is 12.1 Å². The fraction of sp³-hybridized carbons (Fsp3) is 0.111. The van der Waals surface area contributed by atoms with Gasteiger partial charge in [-0.05, 0) is 11.6 Å². The van der Waals surface area contributed by atoms with Crippen LogP contribution in [0.15, 0.2) is 30.9 Å². The molecule has 1 aromatic carbocycles. The Balaban J connectivity index is 2.29. The third-order valence-electron chi connectivity index (χ3n) is 1.83. The van der Waals surface area contributed by atoms with E-state index >= 15 is 0 Å². The van der Waals surface area contributed by atoms with E-state index in [2.05, 4.69) is 10.1 Å². The lowest BCUT2D eigenvalue weighted by Crippen LogP contribution is -2.00. The van der Waals surface area contributed by atoms with Gasteiger partial charge in [0, 0.05) is 0 Å². The molecule has 0 saturated heterocycles. The summed E-state index contributed by atoms with van der Waals surface area (Å²) >= 11 is 11.9. The summed E-state index contributed by atoms with van der Waals surface area (Å²) in [4.78, 5) is 3.85. The van der Waals surface area contributed by atoms with Gasteiger partial charge in [0.25, 0.3) is 0 Å². The van der Waals surface area contributed by atoms with Gasteiger partial charge in [-0.3, -0.25) is 0 Å². The van der Waals surface area contributed by atoms with Gasteiger partial charge in [0.2, 0.25) is 0 Å². The Morgan fingerprint density at radius 1 is 1.29 bits per heavy atom. The lowest BCUT2D eigenvalue weighted by atomic mass is 10.2. The zero-order valence-corrected chi connectivity index (χ0v) is 8.70. The smallest absolute Gasteiger partial charge is 0.137 e. The van der Waals surface area contributed by atoms with Gasteiger partial charge >= 0.3 is 0 Å². The van der Waals surface area contributed by atoms with Crippen molar-refractivity contribution in [3.05, 3.63) is 46.5 Å². The van der Waals surface area contributed by atoms with Crippen molar-refractivity contribution in [1.82, 2.24) is 14.8 Å². The monoisotopic (exact) mass is 227 g/mol. The lowest BCUT2D eigenvalue weighted by molar-refractivity contribution is 0.685. The molecule has 0 radical (unpaired) electrons. The summed E-state index contributed by atoms with van der Waals surface area (Å²) in [5.74, 6) is 0. The van der Waals surface area contributed by atoms with Crippen molar-refractivity contribution < 1.29 is 0 Å². The predicted octanol–water partition coefficient (Wildman–Crippen LogP) is 2.63. The second kappa shape index (κ2) is 3.98. The Kier molecular flexibility index (Phi) is 2.70. The van der Waals surface area contributed by atoms with Crippen molar-refractivity contribution in [2.45, 2.75) is 6.54 Å². The van der Waals surface area contributed by atoms with Crippen LogP contribution in [0.3, 0.4) is 0 Å². The van der Waals surface area contributed by atoms with Crippen LogP contribution in [0.5, 0.6) is 0 Å². The standard InChI is InChI=1S/C9H7Cl2N3/c10-8-3-1-2-7(9(8)11)4-14-6-12-5-13-14/h1-3,5-6H,4H2. The summed E-state index contributed by atoms with van der Waals surface area (Å²) in [7, 11) is 0. The van der Waals surface area contributed by atoms with Crippen molar-refractivity contribution in [3.63, 3.8) is 0 Å². The molecule has 2 aromatic rings. The Morgan fingerprint density at radius 3 is 2.86 bits per heavy atom. The van der Waals surface area contributed by atoms with E-state index in [9.17, 15) is 0 Å². The number of benzene rings is 1. The lowest BCUT2D eigenvalue weighted by Gasteiger charge is -2.04. The normalized spacial score (nSPS) is 10.4. The maximum atomic E-state index is 6.02. The largest absolute Gasteiger partial charge is 0.249 e. The van der Waals surface area contributed by atoms with Crippen LogP contribution in [0.1, 0.15) is 5.56 Å². The first-order valence-corrected chi connectivity index (χ1v) is 4.78. The van der Waals surface area contributed by atoms with Gasteiger partial charge in [0.15, 0.2) is 0 Å². The molecule has 14 heavy (non-hydrogen) atoms. The molecule has 0 amide bonds. The SMILES string of the molecule is Clc1cccc(Cn2cncn2)c1Cl. The van der Waals surface area contributed by atoms with Crippen LogP contribution >= 0.6 is 23.2 Å². The van der Waals surface area contributed by atoms with Crippen molar-refractivity contribution >= 4 is 23.2 Å². The highest BCUT2D eigenvalue weighted by Crippen LogP contribution is 2.25. The Labute approximate surface area is 91.3 Å². The van der Waals surface area contributed by atoms with Crippen molar-refractivity contribution in [3.8, 4) is 0 Å². The fourth-order valence-electron chi connectivity index (χ4n) is 1.16. The Hall–Kier alpha value is -1.06. The first kappa shape index (κ1) is 9.49. The minimum absolute atomic E-state index is 0.560. The van der Waals surface area contributed by atoms with E-state index < -0.39 is 0 Å². The molecular weight excluding hydrogens is 221 g/mol. The fourth-order valence-corrected chi connectivity index (χ4v) is 1.54. The number of nitrogens with zero attached hydrogens (tertiary/aromatic N) is 3. The molecule has 3 nitrogen and oxygen atoms in total. The maximum absolute atomic E-state index is 6.02. The second-order valence-corrected chi connectivity index (χ2v) is 3.59. The van der Waals surface area contributed by atoms with Crippen molar-refractivity contribution in [2.24, 2.45) is 0 Å². The Morgan fingerprint density at radius 2 is 2.14 bits per heavy atom. The minimum Gasteiger partial charge on any atom is -0.249 e. The van der Waals surface area contributed by atoms with Crippen LogP contribution in [0.25, 0.3) is 0 Å². The number of hydrogen-bond acceptors (Lipinski definition) is 2. The van der Waals surface area contributed by atoms with Crippen molar-refractivity contribution in [1.29, 1.82) is 0 Å². The number of hydrogen-bond donors (Lipinski definition) is 0. The van der Waals surface area contributed by atoms with Gasteiger partial charge in [-0.25, -0.2) is 9.67 Å². The van der Waals surface area contributed by atoms with E-state index in [4.69, 9.17) is 23.2 Å². The van der Waals surface area contributed by atoms with Crippen molar-refractivity contribution in [2.75, 3.05) is 0 Å². The average Bonchev–Trinajstić information content (AvgIpc) is 2.66. The average molecular weight is 228 g/mol. The summed E-state index contributed by atoms with van der Waals surface area (Å²) in [6.07, 6.45) is 3.12. The van der Waals surface area contributed by atoms with E-state index in [0.717, 1.165) is 5.56 Å². The third kappa shape index (κ3) is 1.89. The maximum Gasteiger partial charge on any atom is 0.137 e. The zero-order chi connectivity index (χ0) is 9.97. The summed E-state index contributed by atoms with van der Waals surface area (Å²) in [6, 6.07) is 5.53. The molecule has 0 saturated carbocycles. The molecule has 0 N–H and O–H groups in total. The highest BCUT2D eigenvalue weighted by atomic mass is 35.5. The molecule has 5 heteroatoms. The van der Waals surface area contributed by atoms with Crippen LogP contribution < -0.4 is 0 Å². The van der Waals surface area contributed by atoms with Crippen LogP contribution in [0.2, 0.25) is 10.0 Å². The van der Waals surface area contributed by atoms with Gasteiger partial charge < -0.3 is 0 Å². The summed E-state index contributed by atoms with van der Waals surface area (Å²) in [5.41, 5.74) is 0.935. The molecular formula is C9H7Cl2N3. The Bertz CT molecular complexity index is 426. The predicted molar refractivity (Wildman–Crippen MR) is 55.6 cm³/mol. The molecule has 0 aliphatic carbocycles. The quantitative estimate of drug-likeness (QED) is 0.790. The summed E-state index contributed by atoms with van der Waals surface area (Å²) in [5, 5.41) is 5.12. The zero-order valence-electron chi connectivity index (χ0n) is 7.19. The topological polar surface area (TPSA) is 30.7 Å². The van der Waals surface area contributed by atoms with Gasteiger partial charge in [0.1, 0.15) is 12.7 Å². The summed E-state index contributed by atoms with van der Waals surface area (Å²) < 4.78 is 1.69. The van der Waals surface area contributed by atoms with Crippen LogP contribution in [-0.4, -0.2) is 14.8 Å². The number of halogens is 2. The molecule has 0 atom stereocenters. The van der Waals surface area contributed by atoms with Gasteiger partial charge in [-0.15, -0.1) is 0 Å². The van der Waals surface area contributed by atoms with Crippen LogP contribution in [0, 0.1) is 0 Å². The van der Waals surface area contributed by atoms with Gasteiger partial charge in [-0.2, -0.15) is 5.10 Å². The number of aromatic nitrogens is 3. The molecule has 0 aliphatic heterocycles. The van der Waals surface area contributed by atoms with E-state index in [-0.39, 0.29) is 0 Å². The molecule has 1 heterocycles. The van der Waals surface area contributed by atoms with E-state index in [1.165, 1.54) is 6.33 Å². The van der Waals surface area contributed by atoms with E-state index in [1.54, 1.807) is 17.1 Å². The molecule has 0 aliphatic rings. The minimum atomic E-state index is 0.560. The molecule has 0 spiro atoms. The number of rotatable bonds is 2.